The average Bonchev–Trinajstić information content (AvgIpc) is 2.78. The fourth-order valence-corrected chi connectivity index (χ4v) is 2.37. The van der Waals surface area contributed by atoms with Gasteiger partial charge in [-0.15, -0.1) is 0 Å². The molecule has 0 amide bonds. The number of aromatic nitrogens is 1. The van der Waals surface area contributed by atoms with Gasteiger partial charge in [-0.1, -0.05) is 35.9 Å². The molecule has 2 nitrogen and oxygen atoms in total. The number of hydrogen-bond acceptors (Lipinski definition) is 1. The highest BCUT2D eigenvalue weighted by molar-refractivity contribution is 5.83. The van der Waals surface area contributed by atoms with Crippen LogP contribution in [0, 0.1) is 6.92 Å². The second-order valence-electron chi connectivity index (χ2n) is 4.74. The van der Waals surface area contributed by atoms with Gasteiger partial charge in [0.2, 0.25) is 0 Å². The van der Waals surface area contributed by atoms with Gasteiger partial charge in [0.25, 0.3) is 0 Å². The molecule has 0 radical (unpaired) electrons. The van der Waals surface area contributed by atoms with Crippen LogP contribution in [0.5, 0.6) is 0 Å². The van der Waals surface area contributed by atoms with E-state index < -0.39 is 0 Å². The van der Waals surface area contributed by atoms with Crippen molar-refractivity contribution in [1.29, 1.82) is 0 Å². The Balaban J connectivity index is 2.04. The first kappa shape index (κ1) is 10.9. The van der Waals surface area contributed by atoms with Gasteiger partial charge in [0.15, 0.2) is 0 Å². The Kier molecular flexibility index (Phi) is 2.56. The van der Waals surface area contributed by atoms with Gasteiger partial charge in [-0.2, -0.15) is 0 Å². The van der Waals surface area contributed by atoms with Crippen molar-refractivity contribution >= 4 is 16.6 Å². The second kappa shape index (κ2) is 4.22. The highest BCUT2D eigenvalue weighted by Gasteiger charge is 2.06. The number of aromatic amines is 1. The van der Waals surface area contributed by atoms with Gasteiger partial charge in [0.1, 0.15) is 0 Å². The average molecular weight is 236 g/mol. The Bertz CT molecular complexity index is 695. The summed E-state index contributed by atoms with van der Waals surface area (Å²) >= 11 is 0. The summed E-state index contributed by atoms with van der Waals surface area (Å²) in [6.45, 7) is 2.10. The Hall–Kier alpha value is -2.22. The molecule has 0 bridgehead atoms. The number of nitrogens with two attached hydrogens (primary N) is 1. The van der Waals surface area contributed by atoms with Crippen molar-refractivity contribution in [2.45, 2.75) is 13.3 Å². The number of benzene rings is 2. The van der Waals surface area contributed by atoms with Crippen molar-refractivity contribution in [2.24, 2.45) is 0 Å². The fraction of sp³-hybridized carbons (Fsp3) is 0.125. The summed E-state index contributed by atoms with van der Waals surface area (Å²) in [4.78, 5) is 3.30. The number of H-pyrrole nitrogens is 1. The summed E-state index contributed by atoms with van der Waals surface area (Å²) in [7, 11) is 0. The lowest BCUT2D eigenvalue weighted by molar-refractivity contribution is 1.20. The number of fused-ring (bicyclic) bond motifs is 1. The minimum absolute atomic E-state index is 0.867. The van der Waals surface area contributed by atoms with E-state index in [1.165, 1.54) is 27.6 Å². The third-order valence-electron chi connectivity index (χ3n) is 3.35. The number of nitrogen functional groups attached to an aromatic ring is 1. The van der Waals surface area contributed by atoms with Gasteiger partial charge < -0.3 is 10.7 Å². The van der Waals surface area contributed by atoms with Gasteiger partial charge in [0, 0.05) is 29.2 Å². The zero-order valence-corrected chi connectivity index (χ0v) is 10.4. The van der Waals surface area contributed by atoms with Crippen LogP contribution in [-0.4, -0.2) is 4.98 Å². The number of anilines is 1. The summed E-state index contributed by atoms with van der Waals surface area (Å²) in [6, 6.07) is 14.6. The summed E-state index contributed by atoms with van der Waals surface area (Å²) in [5, 5.41) is 1.28. The molecular formula is C16H16N2. The van der Waals surface area contributed by atoms with E-state index in [4.69, 9.17) is 5.73 Å². The van der Waals surface area contributed by atoms with Crippen molar-refractivity contribution in [1.82, 2.24) is 4.98 Å². The van der Waals surface area contributed by atoms with Crippen LogP contribution < -0.4 is 5.73 Å². The van der Waals surface area contributed by atoms with E-state index in [2.05, 4.69) is 42.4 Å². The zero-order chi connectivity index (χ0) is 12.5. The van der Waals surface area contributed by atoms with E-state index in [1.54, 1.807) is 0 Å². The molecule has 90 valence electrons. The normalized spacial score (nSPS) is 10.9. The van der Waals surface area contributed by atoms with Crippen LogP contribution in [0.1, 0.15) is 16.7 Å². The number of rotatable bonds is 2. The zero-order valence-electron chi connectivity index (χ0n) is 10.4. The fourth-order valence-electron chi connectivity index (χ4n) is 2.37. The van der Waals surface area contributed by atoms with Crippen molar-refractivity contribution in [3.63, 3.8) is 0 Å². The third-order valence-corrected chi connectivity index (χ3v) is 3.35. The molecule has 0 aliphatic heterocycles. The van der Waals surface area contributed by atoms with E-state index in [9.17, 15) is 0 Å². The minimum Gasteiger partial charge on any atom is -0.398 e. The van der Waals surface area contributed by atoms with Crippen LogP contribution >= 0.6 is 0 Å². The van der Waals surface area contributed by atoms with E-state index >= 15 is 0 Å². The molecule has 0 aliphatic rings. The topological polar surface area (TPSA) is 41.8 Å². The van der Waals surface area contributed by atoms with Crippen LogP contribution in [0.25, 0.3) is 10.9 Å². The van der Waals surface area contributed by atoms with Gasteiger partial charge >= 0.3 is 0 Å². The van der Waals surface area contributed by atoms with Gasteiger partial charge in [0.05, 0.1) is 0 Å². The predicted molar refractivity (Wildman–Crippen MR) is 76.7 cm³/mol. The van der Waals surface area contributed by atoms with Crippen LogP contribution in [0.2, 0.25) is 0 Å². The standard InChI is InChI=1S/C16H16N2/c1-11-6-7-15(17)12(8-11)9-13-10-18-16-5-3-2-4-14(13)16/h2-8,10,18H,9,17H2,1H3. The van der Waals surface area contributed by atoms with E-state index in [0.717, 1.165) is 12.1 Å². The van der Waals surface area contributed by atoms with Crippen molar-refractivity contribution < 1.29 is 0 Å². The molecule has 0 fully saturated rings. The molecule has 0 saturated heterocycles. The molecule has 0 atom stereocenters. The molecule has 0 unspecified atom stereocenters. The van der Waals surface area contributed by atoms with E-state index in [-0.39, 0.29) is 0 Å². The molecule has 0 aliphatic carbocycles. The maximum absolute atomic E-state index is 6.04. The molecule has 1 aromatic heterocycles. The lowest BCUT2D eigenvalue weighted by Crippen LogP contribution is -1.95. The molecule has 3 rings (SSSR count). The molecule has 18 heavy (non-hydrogen) atoms. The monoisotopic (exact) mass is 236 g/mol. The van der Waals surface area contributed by atoms with Gasteiger partial charge in [-0.25, -0.2) is 0 Å². The van der Waals surface area contributed by atoms with E-state index in [0.29, 0.717) is 0 Å². The first-order valence-corrected chi connectivity index (χ1v) is 6.14. The highest BCUT2D eigenvalue weighted by atomic mass is 14.7. The van der Waals surface area contributed by atoms with Crippen molar-refractivity contribution in [2.75, 3.05) is 5.73 Å². The number of aryl methyl sites for hydroxylation is 1. The molecule has 3 N–H and O–H groups in total. The maximum atomic E-state index is 6.04. The largest absolute Gasteiger partial charge is 0.398 e. The molecule has 1 heterocycles. The predicted octanol–water partition coefficient (Wildman–Crippen LogP) is 3.65. The first-order valence-electron chi connectivity index (χ1n) is 6.14. The van der Waals surface area contributed by atoms with Gasteiger partial charge in [-0.05, 0) is 30.2 Å². The SMILES string of the molecule is Cc1ccc(N)c(Cc2c[nH]c3ccccc23)c1. The van der Waals surface area contributed by atoms with Crippen molar-refractivity contribution in [3.05, 3.63) is 65.4 Å². The number of nitrogens with one attached hydrogen (secondary N) is 1. The summed E-state index contributed by atoms with van der Waals surface area (Å²) < 4.78 is 0. The second-order valence-corrected chi connectivity index (χ2v) is 4.74. The molecular weight excluding hydrogens is 220 g/mol. The lowest BCUT2D eigenvalue weighted by Gasteiger charge is -2.06. The summed E-state index contributed by atoms with van der Waals surface area (Å²) in [5.74, 6) is 0. The molecule has 0 spiro atoms. The first-order chi connectivity index (χ1) is 8.74. The quantitative estimate of drug-likeness (QED) is 0.655. The Labute approximate surface area is 106 Å². The molecule has 2 heteroatoms. The van der Waals surface area contributed by atoms with Crippen molar-refractivity contribution in [3.8, 4) is 0 Å². The van der Waals surface area contributed by atoms with Crippen LogP contribution in [-0.2, 0) is 6.42 Å². The van der Waals surface area contributed by atoms with Crippen LogP contribution in [0.3, 0.4) is 0 Å². The van der Waals surface area contributed by atoms with Gasteiger partial charge in [-0.3, -0.25) is 0 Å². The smallest absolute Gasteiger partial charge is 0.0456 e. The number of para-hydroxylation sites is 1. The molecule has 0 saturated carbocycles. The summed E-state index contributed by atoms with van der Waals surface area (Å²) in [5.41, 5.74) is 11.8. The Morgan fingerprint density at radius 3 is 2.78 bits per heavy atom. The lowest BCUT2D eigenvalue weighted by atomic mass is 10.0. The number of hydrogen-bond donors (Lipinski definition) is 2. The molecule has 3 aromatic rings. The highest BCUT2D eigenvalue weighted by Crippen LogP contribution is 2.23. The minimum atomic E-state index is 0.867. The Morgan fingerprint density at radius 2 is 1.89 bits per heavy atom. The van der Waals surface area contributed by atoms with Crippen LogP contribution in [0.4, 0.5) is 5.69 Å². The third kappa shape index (κ3) is 1.86. The van der Waals surface area contributed by atoms with Crippen LogP contribution in [0.15, 0.2) is 48.7 Å². The molecule has 2 aromatic carbocycles. The van der Waals surface area contributed by atoms with E-state index in [1.807, 2.05) is 18.2 Å². The maximum Gasteiger partial charge on any atom is 0.0456 e. The summed E-state index contributed by atoms with van der Waals surface area (Å²) in [6.07, 6.45) is 2.95. The Morgan fingerprint density at radius 1 is 1.06 bits per heavy atom.